The van der Waals surface area contributed by atoms with Crippen LogP contribution in [-0.4, -0.2) is 31.7 Å². The molecule has 0 rings (SSSR count). The van der Waals surface area contributed by atoms with Crippen LogP contribution in [0.3, 0.4) is 0 Å². The van der Waals surface area contributed by atoms with Crippen molar-refractivity contribution in [3.05, 3.63) is 0 Å². The Morgan fingerprint density at radius 2 is 2.15 bits per heavy atom. The Morgan fingerprint density at radius 3 is 2.77 bits per heavy atom. The first kappa shape index (κ1) is 13.2. The van der Waals surface area contributed by atoms with E-state index in [0.29, 0.717) is 6.04 Å². The van der Waals surface area contributed by atoms with E-state index in [0.717, 1.165) is 38.5 Å². The summed E-state index contributed by atoms with van der Waals surface area (Å²) in [6, 6.07) is 0.507. The summed E-state index contributed by atoms with van der Waals surface area (Å²) in [5.41, 5.74) is 0. The fraction of sp³-hybridized carbons (Fsp3) is 1.00. The first-order valence-electron chi connectivity index (χ1n) is 5.18. The number of hydrogen-bond donors (Lipinski definition) is 1. The number of alkyl halides is 1. The summed E-state index contributed by atoms with van der Waals surface area (Å²) in [5, 5.41) is 3.35. The standard InChI is InChI=1S/C10H22ClNO/c1-3-4-8-13-9-7-12-10(2)5-6-11/h10,12H,3-9H2,1-2H3. The summed E-state index contributed by atoms with van der Waals surface area (Å²) < 4.78 is 5.41. The van der Waals surface area contributed by atoms with E-state index in [1.165, 1.54) is 6.42 Å². The van der Waals surface area contributed by atoms with Crippen molar-refractivity contribution in [2.24, 2.45) is 0 Å². The molecule has 0 aliphatic rings. The second kappa shape index (κ2) is 10.3. The SMILES string of the molecule is CCCCOCCNC(C)CCCl. The molecule has 1 N–H and O–H groups in total. The quantitative estimate of drug-likeness (QED) is 0.463. The Balaban J connectivity index is 2.97. The molecule has 80 valence electrons. The lowest BCUT2D eigenvalue weighted by Gasteiger charge is -2.11. The summed E-state index contributed by atoms with van der Waals surface area (Å²) in [7, 11) is 0. The van der Waals surface area contributed by atoms with Gasteiger partial charge in [-0.3, -0.25) is 0 Å². The normalized spacial score (nSPS) is 13.2. The van der Waals surface area contributed by atoms with Crippen LogP contribution in [-0.2, 0) is 4.74 Å². The fourth-order valence-electron chi connectivity index (χ4n) is 0.992. The minimum absolute atomic E-state index is 0.507. The van der Waals surface area contributed by atoms with Crippen molar-refractivity contribution in [2.75, 3.05) is 25.6 Å². The maximum Gasteiger partial charge on any atom is 0.0590 e. The molecule has 3 heteroatoms. The molecule has 1 unspecified atom stereocenters. The van der Waals surface area contributed by atoms with Crippen LogP contribution in [0, 0.1) is 0 Å². The molecule has 0 aromatic carbocycles. The van der Waals surface area contributed by atoms with Crippen molar-refractivity contribution in [3.8, 4) is 0 Å². The largest absolute Gasteiger partial charge is 0.380 e. The highest BCUT2D eigenvalue weighted by molar-refractivity contribution is 6.17. The van der Waals surface area contributed by atoms with Gasteiger partial charge in [0.1, 0.15) is 0 Å². The van der Waals surface area contributed by atoms with Crippen LogP contribution in [0.2, 0.25) is 0 Å². The smallest absolute Gasteiger partial charge is 0.0590 e. The zero-order chi connectivity index (χ0) is 9.94. The Bertz CT molecular complexity index is 101. The van der Waals surface area contributed by atoms with Gasteiger partial charge in [-0.2, -0.15) is 0 Å². The van der Waals surface area contributed by atoms with Crippen molar-refractivity contribution < 1.29 is 4.74 Å². The number of rotatable bonds is 9. The molecule has 1 atom stereocenters. The highest BCUT2D eigenvalue weighted by Crippen LogP contribution is 1.92. The fourth-order valence-corrected chi connectivity index (χ4v) is 1.32. The number of nitrogens with one attached hydrogen (secondary N) is 1. The second-order valence-corrected chi connectivity index (χ2v) is 3.68. The molecule has 0 heterocycles. The molecule has 0 saturated carbocycles. The minimum atomic E-state index is 0.507. The average molecular weight is 208 g/mol. The highest BCUT2D eigenvalue weighted by Gasteiger charge is 1.98. The molecule has 0 fully saturated rings. The predicted molar refractivity (Wildman–Crippen MR) is 58.5 cm³/mol. The van der Waals surface area contributed by atoms with Crippen molar-refractivity contribution in [1.82, 2.24) is 5.32 Å². The van der Waals surface area contributed by atoms with E-state index < -0.39 is 0 Å². The van der Waals surface area contributed by atoms with Gasteiger partial charge in [-0.1, -0.05) is 13.3 Å². The van der Waals surface area contributed by atoms with E-state index in [9.17, 15) is 0 Å². The summed E-state index contributed by atoms with van der Waals surface area (Å²) >= 11 is 5.61. The summed E-state index contributed by atoms with van der Waals surface area (Å²) in [6.07, 6.45) is 3.39. The van der Waals surface area contributed by atoms with Crippen molar-refractivity contribution in [3.63, 3.8) is 0 Å². The molecule has 0 amide bonds. The molecule has 13 heavy (non-hydrogen) atoms. The Morgan fingerprint density at radius 1 is 1.38 bits per heavy atom. The third-order valence-corrected chi connectivity index (χ3v) is 2.14. The van der Waals surface area contributed by atoms with Crippen molar-refractivity contribution in [1.29, 1.82) is 0 Å². The van der Waals surface area contributed by atoms with Gasteiger partial charge in [0.15, 0.2) is 0 Å². The Kier molecular flexibility index (Phi) is 10.5. The van der Waals surface area contributed by atoms with Crippen LogP contribution >= 0.6 is 11.6 Å². The summed E-state index contributed by atoms with van der Waals surface area (Å²) in [6.45, 7) is 6.95. The zero-order valence-electron chi connectivity index (χ0n) is 8.81. The minimum Gasteiger partial charge on any atom is -0.380 e. The lowest BCUT2D eigenvalue weighted by atomic mass is 10.2. The first-order chi connectivity index (χ1) is 6.31. The number of unbranched alkanes of at least 4 members (excludes halogenated alkanes) is 1. The van der Waals surface area contributed by atoms with E-state index in [2.05, 4.69) is 19.2 Å². The van der Waals surface area contributed by atoms with E-state index >= 15 is 0 Å². The van der Waals surface area contributed by atoms with Crippen molar-refractivity contribution in [2.45, 2.75) is 39.2 Å². The first-order valence-corrected chi connectivity index (χ1v) is 5.71. The van der Waals surface area contributed by atoms with Gasteiger partial charge in [-0.05, 0) is 19.8 Å². The molecule has 0 aromatic heterocycles. The maximum atomic E-state index is 5.61. The van der Waals surface area contributed by atoms with Gasteiger partial charge in [-0.15, -0.1) is 11.6 Å². The topological polar surface area (TPSA) is 21.3 Å². The Labute approximate surface area is 87.0 Å². The number of ether oxygens (including phenoxy) is 1. The summed E-state index contributed by atoms with van der Waals surface area (Å²) in [4.78, 5) is 0. The molecule has 0 spiro atoms. The van der Waals surface area contributed by atoms with Gasteiger partial charge >= 0.3 is 0 Å². The van der Waals surface area contributed by atoms with Gasteiger partial charge < -0.3 is 10.1 Å². The van der Waals surface area contributed by atoms with Crippen LogP contribution in [0.1, 0.15) is 33.1 Å². The lowest BCUT2D eigenvalue weighted by Crippen LogP contribution is -2.29. The predicted octanol–water partition coefficient (Wildman–Crippen LogP) is 2.41. The molecule has 0 aliphatic carbocycles. The molecule has 0 aromatic rings. The molecular formula is C10H22ClNO. The van der Waals surface area contributed by atoms with Crippen LogP contribution in [0.4, 0.5) is 0 Å². The third kappa shape index (κ3) is 10.1. The second-order valence-electron chi connectivity index (χ2n) is 3.30. The van der Waals surface area contributed by atoms with Gasteiger partial charge in [0.2, 0.25) is 0 Å². The van der Waals surface area contributed by atoms with Crippen molar-refractivity contribution >= 4 is 11.6 Å². The zero-order valence-corrected chi connectivity index (χ0v) is 9.57. The Hall–Kier alpha value is 0.210. The van der Waals surface area contributed by atoms with Crippen LogP contribution in [0.25, 0.3) is 0 Å². The van der Waals surface area contributed by atoms with E-state index in [-0.39, 0.29) is 0 Å². The summed E-state index contributed by atoms with van der Waals surface area (Å²) in [5.74, 6) is 0.727. The number of hydrogen-bond acceptors (Lipinski definition) is 2. The molecular weight excluding hydrogens is 186 g/mol. The van der Waals surface area contributed by atoms with Crippen LogP contribution in [0.15, 0.2) is 0 Å². The molecule has 0 bridgehead atoms. The van der Waals surface area contributed by atoms with Gasteiger partial charge in [0.05, 0.1) is 6.61 Å². The molecule has 0 radical (unpaired) electrons. The molecule has 0 saturated heterocycles. The van der Waals surface area contributed by atoms with E-state index in [1.807, 2.05) is 0 Å². The highest BCUT2D eigenvalue weighted by atomic mass is 35.5. The monoisotopic (exact) mass is 207 g/mol. The number of halogens is 1. The average Bonchev–Trinajstić information content (AvgIpc) is 2.11. The van der Waals surface area contributed by atoms with Gasteiger partial charge in [-0.25, -0.2) is 0 Å². The third-order valence-electron chi connectivity index (χ3n) is 1.92. The maximum absolute atomic E-state index is 5.61. The van der Waals surface area contributed by atoms with Gasteiger partial charge in [0.25, 0.3) is 0 Å². The van der Waals surface area contributed by atoms with Gasteiger partial charge in [0, 0.05) is 25.1 Å². The van der Waals surface area contributed by atoms with Crippen LogP contribution < -0.4 is 5.32 Å². The molecule has 0 aliphatic heterocycles. The van der Waals surface area contributed by atoms with E-state index in [1.54, 1.807) is 0 Å². The van der Waals surface area contributed by atoms with Crippen LogP contribution in [0.5, 0.6) is 0 Å². The molecule has 2 nitrogen and oxygen atoms in total. The van der Waals surface area contributed by atoms with E-state index in [4.69, 9.17) is 16.3 Å². The lowest BCUT2D eigenvalue weighted by molar-refractivity contribution is 0.131.